The van der Waals surface area contributed by atoms with Gasteiger partial charge in [-0.05, 0) is 20.3 Å². The lowest BCUT2D eigenvalue weighted by Gasteiger charge is -2.11. The molecule has 0 heterocycles. The van der Waals surface area contributed by atoms with Gasteiger partial charge >= 0.3 is 5.97 Å². The molecular formula is C10H17NO4. The molecule has 5 heteroatoms. The molecule has 0 aliphatic heterocycles. The highest BCUT2D eigenvalue weighted by molar-refractivity contribution is 6.00. The van der Waals surface area contributed by atoms with Crippen molar-refractivity contribution in [1.82, 2.24) is 5.32 Å². The Hall–Kier alpha value is -1.39. The number of amides is 1. The molecule has 0 aromatic rings. The van der Waals surface area contributed by atoms with Gasteiger partial charge in [0, 0.05) is 0 Å². The third-order valence-corrected chi connectivity index (χ3v) is 1.93. The minimum absolute atomic E-state index is 0.184. The van der Waals surface area contributed by atoms with Crippen LogP contribution in [0.15, 0.2) is 0 Å². The Morgan fingerprint density at radius 2 is 1.87 bits per heavy atom. The van der Waals surface area contributed by atoms with Crippen molar-refractivity contribution in [2.45, 2.75) is 27.2 Å². The van der Waals surface area contributed by atoms with Crippen LogP contribution in [0.1, 0.15) is 27.2 Å². The molecule has 86 valence electrons. The molecule has 0 aliphatic carbocycles. The highest BCUT2D eigenvalue weighted by Gasteiger charge is 2.21. The SMILES string of the molecule is CCOC(=O)CNC(=O)C(CC)C(C)=O. The van der Waals surface area contributed by atoms with E-state index in [0.29, 0.717) is 6.42 Å². The quantitative estimate of drug-likeness (QED) is 0.510. The first-order valence-corrected chi connectivity index (χ1v) is 4.96. The van der Waals surface area contributed by atoms with Gasteiger partial charge in [-0.1, -0.05) is 6.92 Å². The molecule has 0 saturated heterocycles. The number of carbonyl (C=O) groups is 3. The summed E-state index contributed by atoms with van der Waals surface area (Å²) in [5.41, 5.74) is 0. The van der Waals surface area contributed by atoms with Crippen molar-refractivity contribution < 1.29 is 19.1 Å². The first kappa shape index (κ1) is 13.6. The van der Waals surface area contributed by atoms with Gasteiger partial charge in [-0.25, -0.2) is 0 Å². The fourth-order valence-corrected chi connectivity index (χ4v) is 1.15. The van der Waals surface area contributed by atoms with Crippen LogP contribution < -0.4 is 5.32 Å². The molecule has 1 N–H and O–H groups in total. The normalized spacial score (nSPS) is 11.7. The predicted octanol–water partition coefficient (Wildman–Crippen LogP) is 0.281. The Balaban J connectivity index is 4.01. The van der Waals surface area contributed by atoms with E-state index in [2.05, 4.69) is 10.1 Å². The molecule has 0 radical (unpaired) electrons. The Morgan fingerprint density at radius 1 is 1.27 bits per heavy atom. The maximum absolute atomic E-state index is 11.4. The van der Waals surface area contributed by atoms with Gasteiger partial charge in [-0.3, -0.25) is 14.4 Å². The van der Waals surface area contributed by atoms with Gasteiger partial charge in [0.05, 0.1) is 12.5 Å². The molecule has 0 rings (SSSR count). The smallest absolute Gasteiger partial charge is 0.325 e. The summed E-state index contributed by atoms with van der Waals surface area (Å²) < 4.78 is 4.63. The average molecular weight is 215 g/mol. The summed E-state index contributed by atoms with van der Waals surface area (Å²) in [6, 6.07) is 0. The van der Waals surface area contributed by atoms with Crippen LogP contribution in [0.3, 0.4) is 0 Å². The molecular weight excluding hydrogens is 198 g/mol. The molecule has 0 saturated carbocycles. The van der Waals surface area contributed by atoms with E-state index >= 15 is 0 Å². The Bertz CT molecular complexity index is 250. The summed E-state index contributed by atoms with van der Waals surface area (Å²) in [6.07, 6.45) is 0.435. The molecule has 1 atom stereocenters. The van der Waals surface area contributed by atoms with Crippen LogP contribution in [-0.4, -0.2) is 30.8 Å². The molecule has 1 amide bonds. The van der Waals surface area contributed by atoms with Crippen LogP contribution in [0.5, 0.6) is 0 Å². The lowest BCUT2D eigenvalue weighted by molar-refractivity contribution is -0.144. The van der Waals surface area contributed by atoms with Gasteiger partial charge in [0.15, 0.2) is 0 Å². The molecule has 5 nitrogen and oxygen atoms in total. The number of ether oxygens (including phenoxy) is 1. The number of ketones is 1. The standard InChI is InChI=1S/C10H17NO4/c1-4-8(7(3)12)10(14)11-6-9(13)15-5-2/h8H,4-6H2,1-3H3,(H,11,14). The fraction of sp³-hybridized carbons (Fsp3) is 0.700. The van der Waals surface area contributed by atoms with E-state index in [9.17, 15) is 14.4 Å². The van der Waals surface area contributed by atoms with Crippen LogP contribution in [0.2, 0.25) is 0 Å². The van der Waals surface area contributed by atoms with E-state index in [1.54, 1.807) is 13.8 Å². The van der Waals surface area contributed by atoms with Crippen molar-refractivity contribution >= 4 is 17.7 Å². The maximum atomic E-state index is 11.4. The van der Waals surface area contributed by atoms with E-state index in [4.69, 9.17) is 0 Å². The zero-order chi connectivity index (χ0) is 11.8. The van der Waals surface area contributed by atoms with Gasteiger partial charge < -0.3 is 10.1 Å². The average Bonchev–Trinajstić information content (AvgIpc) is 2.15. The van der Waals surface area contributed by atoms with Gasteiger partial charge in [0.25, 0.3) is 0 Å². The lowest BCUT2D eigenvalue weighted by Crippen LogP contribution is -2.37. The third-order valence-electron chi connectivity index (χ3n) is 1.93. The zero-order valence-electron chi connectivity index (χ0n) is 9.33. The van der Waals surface area contributed by atoms with Gasteiger partial charge in [0.2, 0.25) is 5.91 Å². The summed E-state index contributed by atoms with van der Waals surface area (Å²) in [6.45, 7) is 4.88. The Kier molecular flexibility index (Phi) is 6.33. The van der Waals surface area contributed by atoms with Crippen molar-refractivity contribution in [3.05, 3.63) is 0 Å². The van der Waals surface area contributed by atoms with Gasteiger partial charge in [-0.15, -0.1) is 0 Å². The van der Waals surface area contributed by atoms with Crippen LogP contribution in [0.25, 0.3) is 0 Å². The summed E-state index contributed by atoms with van der Waals surface area (Å²) >= 11 is 0. The van der Waals surface area contributed by atoms with Gasteiger partial charge in [-0.2, -0.15) is 0 Å². The van der Waals surface area contributed by atoms with Crippen LogP contribution in [0, 0.1) is 5.92 Å². The van der Waals surface area contributed by atoms with Crippen LogP contribution in [-0.2, 0) is 19.1 Å². The zero-order valence-corrected chi connectivity index (χ0v) is 9.33. The second kappa shape index (κ2) is 6.98. The van der Waals surface area contributed by atoms with Crippen LogP contribution >= 0.6 is 0 Å². The lowest BCUT2D eigenvalue weighted by atomic mass is 10.0. The predicted molar refractivity (Wildman–Crippen MR) is 54.1 cm³/mol. The first-order chi connectivity index (χ1) is 7.02. The third kappa shape index (κ3) is 5.15. The molecule has 1 unspecified atom stereocenters. The number of esters is 1. The van der Waals surface area contributed by atoms with E-state index in [1.165, 1.54) is 6.92 Å². The van der Waals surface area contributed by atoms with E-state index in [0.717, 1.165) is 0 Å². The van der Waals surface area contributed by atoms with Crippen molar-refractivity contribution in [1.29, 1.82) is 0 Å². The number of rotatable bonds is 6. The molecule has 0 aromatic carbocycles. The first-order valence-electron chi connectivity index (χ1n) is 4.96. The second-order valence-corrected chi connectivity index (χ2v) is 3.09. The summed E-state index contributed by atoms with van der Waals surface area (Å²) in [5.74, 6) is -1.78. The number of carbonyl (C=O) groups excluding carboxylic acids is 3. The topological polar surface area (TPSA) is 72.5 Å². The molecule has 15 heavy (non-hydrogen) atoms. The second-order valence-electron chi connectivity index (χ2n) is 3.09. The summed E-state index contributed by atoms with van der Waals surface area (Å²) in [5, 5.41) is 2.37. The monoisotopic (exact) mass is 215 g/mol. The molecule has 0 spiro atoms. The number of nitrogens with one attached hydrogen (secondary N) is 1. The van der Waals surface area contributed by atoms with E-state index in [-0.39, 0.29) is 18.9 Å². The minimum atomic E-state index is -0.667. The molecule has 0 fully saturated rings. The van der Waals surface area contributed by atoms with Crippen LogP contribution in [0.4, 0.5) is 0 Å². The summed E-state index contributed by atoms with van der Waals surface area (Å²) in [4.78, 5) is 33.3. The van der Waals surface area contributed by atoms with E-state index in [1.807, 2.05) is 0 Å². The molecule has 0 aliphatic rings. The maximum Gasteiger partial charge on any atom is 0.325 e. The Labute approximate surface area is 89.2 Å². The Morgan fingerprint density at radius 3 is 2.27 bits per heavy atom. The fourth-order valence-electron chi connectivity index (χ4n) is 1.15. The largest absolute Gasteiger partial charge is 0.465 e. The van der Waals surface area contributed by atoms with Crippen molar-refractivity contribution in [2.75, 3.05) is 13.2 Å². The van der Waals surface area contributed by atoms with Crippen molar-refractivity contribution in [3.8, 4) is 0 Å². The number of Topliss-reactive ketones (excluding diaryl/α,β-unsaturated/α-hetero) is 1. The van der Waals surface area contributed by atoms with E-state index < -0.39 is 17.8 Å². The molecule has 0 aromatic heterocycles. The van der Waals surface area contributed by atoms with Crippen molar-refractivity contribution in [3.63, 3.8) is 0 Å². The molecule has 0 bridgehead atoms. The number of hydrogen-bond donors (Lipinski definition) is 1. The summed E-state index contributed by atoms with van der Waals surface area (Å²) in [7, 11) is 0. The highest BCUT2D eigenvalue weighted by Crippen LogP contribution is 2.03. The van der Waals surface area contributed by atoms with Gasteiger partial charge in [0.1, 0.15) is 12.3 Å². The van der Waals surface area contributed by atoms with Crippen molar-refractivity contribution in [2.24, 2.45) is 5.92 Å². The highest BCUT2D eigenvalue weighted by atomic mass is 16.5. The minimum Gasteiger partial charge on any atom is -0.465 e. The number of hydrogen-bond acceptors (Lipinski definition) is 4.